The summed E-state index contributed by atoms with van der Waals surface area (Å²) in [5.74, 6) is 0. The van der Waals surface area contributed by atoms with E-state index in [1.54, 1.807) is 12.1 Å². The van der Waals surface area contributed by atoms with Gasteiger partial charge in [0, 0.05) is 11.6 Å². The van der Waals surface area contributed by atoms with E-state index < -0.39 is 0 Å². The number of hydrogen-bond acceptors (Lipinski definition) is 2. The van der Waals surface area contributed by atoms with Crippen molar-refractivity contribution in [3.05, 3.63) is 33.8 Å². The van der Waals surface area contributed by atoms with Gasteiger partial charge >= 0.3 is 0 Å². The molecule has 0 aromatic heterocycles. The molecule has 76 valence electrons. The van der Waals surface area contributed by atoms with Crippen LogP contribution in [-0.2, 0) is 0 Å². The second-order valence-corrected chi connectivity index (χ2v) is 3.67. The zero-order valence-electron chi connectivity index (χ0n) is 7.85. The summed E-state index contributed by atoms with van der Waals surface area (Å²) in [6.07, 6.45) is 3.87. The monoisotopic (exact) mass is 230 g/mol. The molecule has 0 saturated heterocycles. The SMILES string of the molecule is CNCC=Cc1cc(Cl)c(N)cc1Cl. The molecule has 0 radical (unpaired) electrons. The highest BCUT2D eigenvalue weighted by molar-refractivity contribution is 6.36. The van der Waals surface area contributed by atoms with Crippen molar-refractivity contribution in [1.29, 1.82) is 0 Å². The van der Waals surface area contributed by atoms with E-state index >= 15 is 0 Å². The maximum absolute atomic E-state index is 5.97. The third kappa shape index (κ3) is 2.91. The quantitative estimate of drug-likeness (QED) is 0.785. The number of nitrogens with one attached hydrogen (secondary N) is 1. The van der Waals surface area contributed by atoms with Crippen molar-refractivity contribution in [3.8, 4) is 0 Å². The van der Waals surface area contributed by atoms with Gasteiger partial charge in [-0.1, -0.05) is 35.4 Å². The molecule has 0 fully saturated rings. The van der Waals surface area contributed by atoms with Crippen LogP contribution in [-0.4, -0.2) is 13.6 Å². The van der Waals surface area contributed by atoms with Crippen LogP contribution in [0.25, 0.3) is 6.08 Å². The van der Waals surface area contributed by atoms with Crippen LogP contribution in [0.1, 0.15) is 5.56 Å². The Labute approximate surface area is 93.7 Å². The summed E-state index contributed by atoms with van der Waals surface area (Å²) in [4.78, 5) is 0. The van der Waals surface area contributed by atoms with E-state index in [-0.39, 0.29) is 0 Å². The lowest BCUT2D eigenvalue weighted by atomic mass is 10.2. The number of anilines is 1. The lowest BCUT2D eigenvalue weighted by molar-refractivity contribution is 0.922. The second kappa shape index (κ2) is 5.25. The van der Waals surface area contributed by atoms with Crippen LogP contribution in [0.2, 0.25) is 10.0 Å². The van der Waals surface area contributed by atoms with Crippen molar-refractivity contribution in [2.45, 2.75) is 0 Å². The Kier molecular flexibility index (Phi) is 4.26. The van der Waals surface area contributed by atoms with Crippen molar-refractivity contribution in [2.75, 3.05) is 19.3 Å². The van der Waals surface area contributed by atoms with E-state index in [0.717, 1.165) is 12.1 Å². The summed E-state index contributed by atoms with van der Waals surface area (Å²) >= 11 is 11.8. The Hall–Kier alpha value is -0.700. The number of nitrogen functional groups attached to an aromatic ring is 1. The van der Waals surface area contributed by atoms with Gasteiger partial charge < -0.3 is 11.1 Å². The molecule has 14 heavy (non-hydrogen) atoms. The molecule has 1 aromatic carbocycles. The minimum absolute atomic E-state index is 0.502. The van der Waals surface area contributed by atoms with Gasteiger partial charge in [0.15, 0.2) is 0 Å². The summed E-state index contributed by atoms with van der Waals surface area (Å²) in [6.45, 7) is 0.790. The lowest BCUT2D eigenvalue weighted by Gasteiger charge is -2.02. The van der Waals surface area contributed by atoms with Gasteiger partial charge in [-0.25, -0.2) is 0 Å². The number of rotatable bonds is 3. The molecule has 0 spiro atoms. The zero-order valence-corrected chi connectivity index (χ0v) is 9.36. The first kappa shape index (κ1) is 11.4. The van der Waals surface area contributed by atoms with E-state index in [1.807, 2.05) is 19.2 Å². The Bertz CT molecular complexity index is 348. The first-order chi connectivity index (χ1) is 6.65. The van der Waals surface area contributed by atoms with E-state index in [1.165, 1.54) is 0 Å². The molecule has 0 bridgehead atoms. The average molecular weight is 231 g/mol. The normalized spacial score (nSPS) is 11.1. The molecule has 2 nitrogen and oxygen atoms in total. The summed E-state index contributed by atoms with van der Waals surface area (Å²) < 4.78 is 0. The van der Waals surface area contributed by atoms with Gasteiger partial charge in [-0.3, -0.25) is 0 Å². The van der Waals surface area contributed by atoms with Crippen LogP contribution in [0.15, 0.2) is 18.2 Å². The Morgan fingerprint density at radius 1 is 1.36 bits per heavy atom. The van der Waals surface area contributed by atoms with Crippen LogP contribution in [0.4, 0.5) is 5.69 Å². The maximum Gasteiger partial charge on any atom is 0.0642 e. The molecule has 0 atom stereocenters. The van der Waals surface area contributed by atoms with Crippen molar-refractivity contribution in [1.82, 2.24) is 5.32 Å². The summed E-state index contributed by atoms with van der Waals surface area (Å²) in [7, 11) is 1.88. The van der Waals surface area contributed by atoms with Gasteiger partial charge in [-0.05, 0) is 24.7 Å². The van der Waals surface area contributed by atoms with Gasteiger partial charge in [-0.2, -0.15) is 0 Å². The molecule has 0 aliphatic carbocycles. The minimum atomic E-state index is 0.502. The molecular formula is C10H12Cl2N2. The third-order valence-electron chi connectivity index (χ3n) is 1.74. The average Bonchev–Trinajstić information content (AvgIpc) is 2.14. The molecular weight excluding hydrogens is 219 g/mol. The summed E-state index contributed by atoms with van der Waals surface area (Å²) in [5, 5.41) is 4.13. The van der Waals surface area contributed by atoms with Crippen molar-refractivity contribution < 1.29 is 0 Å². The summed E-state index contributed by atoms with van der Waals surface area (Å²) in [6, 6.07) is 3.41. The molecule has 0 saturated carbocycles. The first-order valence-corrected chi connectivity index (χ1v) is 4.96. The molecule has 3 N–H and O–H groups in total. The van der Waals surface area contributed by atoms with E-state index in [4.69, 9.17) is 28.9 Å². The molecule has 0 aliphatic rings. The predicted molar refractivity (Wildman–Crippen MR) is 63.8 cm³/mol. The Morgan fingerprint density at radius 2 is 2.07 bits per heavy atom. The molecule has 1 aromatic rings. The number of nitrogens with two attached hydrogens (primary N) is 1. The van der Waals surface area contributed by atoms with Crippen molar-refractivity contribution >= 4 is 35.0 Å². The Balaban J connectivity index is 2.92. The molecule has 4 heteroatoms. The molecule has 1 rings (SSSR count). The largest absolute Gasteiger partial charge is 0.397 e. The lowest BCUT2D eigenvalue weighted by Crippen LogP contribution is -2.03. The van der Waals surface area contributed by atoms with Crippen molar-refractivity contribution in [3.63, 3.8) is 0 Å². The molecule has 0 heterocycles. The summed E-state index contributed by atoms with van der Waals surface area (Å²) in [5.41, 5.74) is 6.97. The van der Waals surface area contributed by atoms with Crippen LogP contribution < -0.4 is 11.1 Å². The highest BCUT2D eigenvalue weighted by atomic mass is 35.5. The topological polar surface area (TPSA) is 38.0 Å². The molecule has 0 unspecified atom stereocenters. The van der Waals surface area contributed by atoms with Crippen LogP contribution in [0.3, 0.4) is 0 Å². The van der Waals surface area contributed by atoms with Gasteiger partial charge in [0.2, 0.25) is 0 Å². The van der Waals surface area contributed by atoms with Crippen LogP contribution in [0, 0.1) is 0 Å². The van der Waals surface area contributed by atoms with Gasteiger partial charge in [0.05, 0.1) is 10.7 Å². The standard InChI is InChI=1S/C10H12Cl2N2/c1-14-4-2-3-7-5-9(12)10(13)6-8(7)11/h2-3,5-6,14H,4,13H2,1H3. The first-order valence-electron chi connectivity index (χ1n) is 4.21. The number of benzene rings is 1. The predicted octanol–water partition coefficient (Wildman–Crippen LogP) is 2.81. The maximum atomic E-state index is 5.97. The van der Waals surface area contributed by atoms with E-state index in [9.17, 15) is 0 Å². The number of halogens is 2. The van der Waals surface area contributed by atoms with E-state index in [0.29, 0.717) is 15.7 Å². The van der Waals surface area contributed by atoms with Gasteiger partial charge in [0.25, 0.3) is 0 Å². The highest BCUT2D eigenvalue weighted by Crippen LogP contribution is 2.27. The number of hydrogen-bond donors (Lipinski definition) is 2. The van der Waals surface area contributed by atoms with Crippen LogP contribution in [0.5, 0.6) is 0 Å². The number of likely N-dealkylation sites (N-methyl/N-ethyl adjacent to an activating group) is 1. The highest BCUT2D eigenvalue weighted by Gasteiger charge is 2.01. The van der Waals surface area contributed by atoms with Crippen molar-refractivity contribution in [2.24, 2.45) is 0 Å². The molecule has 0 amide bonds. The fourth-order valence-corrected chi connectivity index (χ4v) is 1.42. The molecule has 0 aliphatic heterocycles. The fourth-order valence-electron chi connectivity index (χ4n) is 1.01. The third-order valence-corrected chi connectivity index (χ3v) is 2.39. The second-order valence-electron chi connectivity index (χ2n) is 2.86. The van der Waals surface area contributed by atoms with Crippen LogP contribution >= 0.6 is 23.2 Å². The zero-order chi connectivity index (χ0) is 10.6. The fraction of sp³-hybridized carbons (Fsp3) is 0.200. The minimum Gasteiger partial charge on any atom is -0.397 e. The van der Waals surface area contributed by atoms with Gasteiger partial charge in [-0.15, -0.1) is 0 Å². The van der Waals surface area contributed by atoms with E-state index in [2.05, 4.69) is 5.32 Å². The smallest absolute Gasteiger partial charge is 0.0642 e. The Morgan fingerprint density at radius 3 is 2.71 bits per heavy atom. The van der Waals surface area contributed by atoms with Gasteiger partial charge in [0.1, 0.15) is 0 Å².